The molecule has 2 aromatic carbocycles. The highest BCUT2D eigenvalue weighted by Crippen LogP contribution is 2.40. The van der Waals surface area contributed by atoms with E-state index in [4.69, 9.17) is 30.6 Å². The lowest BCUT2D eigenvalue weighted by molar-refractivity contribution is -0.129. The van der Waals surface area contributed by atoms with Gasteiger partial charge in [-0.2, -0.15) is 0 Å². The van der Waals surface area contributed by atoms with Crippen LogP contribution in [0.25, 0.3) is 0 Å². The number of rotatable bonds is 4. The molecular weight excluding hydrogens is 452 g/mol. The first-order valence-electron chi connectivity index (χ1n) is 11.3. The van der Waals surface area contributed by atoms with Gasteiger partial charge in [0.15, 0.2) is 0 Å². The molecule has 10 nitrogen and oxygen atoms in total. The van der Waals surface area contributed by atoms with E-state index in [1.54, 1.807) is 90.1 Å². The van der Waals surface area contributed by atoms with Crippen LogP contribution in [0.4, 0.5) is 21.0 Å². The van der Waals surface area contributed by atoms with Crippen molar-refractivity contribution < 1.29 is 28.5 Å². The van der Waals surface area contributed by atoms with Crippen LogP contribution in [0.15, 0.2) is 48.5 Å². The largest absolute Gasteiger partial charge is 0.442 e. The van der Waals surface area contributed by atoms with Gasteiger partial charge in [0, 0.05) is 11.1 Å². The van der Waals surface area contributed by atoms with E-state index in [9.17, 15) is 9.59 Å². The standard InChI is InChI=1S/C25H34N4O6/c1-23(2,3)34-21(30)28(26)19-11-7-9-17(15-19)25(32-13-14-33-25)18-10-8-12-20(16-18)29(27)22(31)35-24(4,5)6/h7-12,15-16H,13-14,26-27H2,1-6H3. The van der Waals surface area contributed by atoms with Gasteiger partial charge in [0.1, 0.15) is 11.2 Å². The van der Waals surface area contributed by atoms with Crippen molar-refractivity contribution in [2.24, 2.45) is 11.7 Å². The summed E-state index contributed by atoms with van der Waals surface area (Å²) in [4.78, 5) is 25.0. The summed E-state index contributed by atoms with van der Waals surface area (Å²) < 4.78 is 22.9. The van der Waals surface area contributed by atoms with Crippen molar-refractivity contribution >= 4 is 23.6 Å². The molecular formula is C25H34N4O6. The highest BCUT2D eigenvalue weighted by atomic mass is 16.7. The van der Waals surface area contributed by atoms with E-state index in [0.717, 1.165) is 10.0 Å². The van der Waals surface area contributed by atoms with Gasteiger partial charge in [0.25, 0.3) is 0 Å². The summed E-state index contributed by atoms with van der Waals surface area (Å²) >= 11 is 0. The summed E-state index contributed by atoms with van der Waals surface area (Å²) in [5, 5.41) is 1.86. The molecule has 10 heteroatoms. The monoisotopic (exact) mass is 486 g/mol. The Bertz CT molecular complexity index is 991. The minimum Gasteiger partial charge on any atom is -0.442 e. The van der Waals surface area contributed by atoms with E-state index in [0.29, 0.717) is 35.7 Å². The maximum Gasteiger partial charge on any atom is 0.429 e. The van der Waals surface area contributed by atoms with Crippen LogP contribution in [0.3, 0.4) is 0 Å². The number of ether oxygens (including phenoxy) is 4. The second kappa shape index (κ2) is 9.82. The molecule has 3 rings (SSSR count). The van der Waals surface area contributed by atoms with E-state index < -0.39 is 29.2 Å². The second-order valence-electron chi connectivity index (χ2n) is 10.1. The van der Waals surface area contributed by atoms with Crippen LogP contribution in [-0.4, -0.2) is 36.6 Å². The first-order chi connectivity index (χ1) is 16.2. The van der Waals surface area contributed by atoms with E-state index >= 15 is 0 Å². The Kier molecular flexibility index (Phi) is 7.42. The van der Waals surface area contributed by atoms with Gasteiger partial charge in [-0.1, -0.05) is 24.3 Å². The van der Waals surface area contributed by atoms with Crippen LogP contribution in [0.2, 0.25) is 0 Å². The Balaban J connectivity index is 1.95. The van der Waals surface area contributed by atoms with E-state index in [2.05, 4.69) is 0 Å². The smallest absolute Gasteiger partial charge is 0.429 e. The van der Waals surface area contributed by atoms with Gasteiger partial charge in [-0.05, 0) is 65.8 Å². The fourth-order valence-electron chi connectivity index (χ4n) is 3.47. The summed E-state index contributed by atoms with van der Waals surface area (Å²) in [6.45, 7) is 11.2. The molecule has 2 aromatic rings. The van der Waals surface area contributed by atoms with Gasteiger partial charge >= 0.3 is 12.2 Å². The van der Waals surface area contributed by atoms with E-state index in [-0.39, 0.29) is 0 Å². The zero-order valence-corrected chi connectivity index (χ0v) is 21.0. The molecule has 0 spiro atoms. The quantitative estimate of drug-likeness (QED) is 0.374. The molecule has 0 saturated carbocycles. The predicted octanol–water partition coefficient (Wildman–Crippen LogP) is 4.16. The molecule has 2 amide bonds. The molecule has 1 saturated heterocycles. The first kappa shape index (κ1) is 26.4. The van der Waals surface area contributed by atoms with Gasteiger partial charge in [0.05, 0.1) is 24.6 Å². The fraction of sp³-hybridized carbons (Fsp3) is 0.440. The third-order valence-electron chi connectivity index (χ3n) is 4.88. The number of hydrazine groups is 2. The number of anilines is 2. The van der Waals surface area contributed by atoms with Crippen molar-refractivity contribution in [3.05, 3.63) is 59.7 Å². The zero-order chi connectivity index (χ0) is 26.0. The van der Waals surface area contributed by atoms with Crippen LogP contribution >= 0.6 is 0 Å². The van der Waals surface area contributed by atoms with Crippen molar-refractivity contribution in [2.75, 3.05) is 23.2 Å². The summed E-state index contributed by atoms with van der Waals surface area (Å²) in [5.41, 5.74) is 0.581. The zero-order valence-electron chi connectivity index (χ0n) is 21.0. The minimum absolute atomic E-state index is 0.339. The van der Waals surface area contributed by atoms with E-state index in [1.165, 1.54) is 0 Å². The summed E-state index contributed by atoms with van der Waals surface area (Å²) in [6.07, 6.45) is -1.40. The lowest BCUT2D eigenvalue weighted by Gasteiger charge is -2.31. The molecule has 190 valence electrons. The first-order valence-corrected chi connectivity index (χ1v) is 11.3. The van der Waals surface area contributed by atoms with Crippen molar-refractivity contribution in [3.63, 3.8) is 0 Å². The van der Waals surface area contributed by atoms with Crippen molar-refractivity contribution in [2.45, 2.75) is 58.5 Å². The second-order valence-corrected chi connectivity index (χ2v) is 10.1. The maximum atomic E-state index is 12.5. The van der Waals surface area contributed by atoms with Crippen LogP contribution in [0.5, 0.6) is 0 Å². The maximum absolute atomic E-state index is 12.5. The lowest BCUT2D eigenvalue weighted by atomic mass is 9.96. The van der Waals surface area contributed by atoms with Crippen molar-refractivity contribution in [1.82, 2.24) is 0 Å². The molecule has 0 bridgehead atoms. The van der Waals surface area contributed by atoms with Crippen LogP contribution in [0.1, 0.15) is 52.7 Å². The molecule has 0 aliphatic carbocycles. The lowest BCUT2D eigenvalue weighted by Crippen LogP contribution is -2.42. The average Bonchev–Trinajstić information content (AvgIpc) is 3.27. The molecule has 1 fully saturated rings. The summed E-state index contributed by atoms with van der Waals surface area (Å²) in [5.74, 6) is 10.8. The van der Waals surface area contributed by atoms with Crippen LogP contribution < -0.4 is 21.7 Å². The number of hydrogen-bond acceptors (Lipinski definition) is 8. The Morgan fingerprint density at radius 2 is 1.14 bits per heavy atom. The molecule has 0 atom stereocenters. The summed E-state index contributed by atoms with van der Waals surface area (Å²) in [6, 6.07) is 13.8. The molecule has 1 aliphatic rings. The van der Waals surface area contributed by atoms with Gasteiger partial charge in [-0.25, -0.2) is 31.3 Å². The van der Waals surface area contributed by atoms with Gasteiger partial charge in [-0.3, -0.25) is 0 Å². The van der Waals surface area contributed by atoms with Crippen LogP contribution in [-0.2, 0) is 24.7 Å². The van der Waals surface area contributed by atoms with Crippen LogP contribution in [0, 0.1) is 0 Å². The SMILES string of the molecule is CC(C)(C)OC(=O)N(N)c1cccc(C2(c3cccc(N(N)C(=O)OC(C)(C)C)c3)OCCO2)c1. The van der Waals surface area contributed by atoms with Crippen molar-refractivity contribution in [3.8, 4) is 0 Å². The number of hydrogen-bond donors (Lipinski definition) is 2. The molecule has 35 heavy (non-hydrogen) atoms. The number of carbonyl (C=O) groups excluding carboxylic acids is 2. The molecule has 1 heterocycles. The summed E-state index contributed by atoms with van der Waals surface area (Å²) in [7, 11) is 0. The van der Waals surface area contributed by atoms with E-state index in [1.807, 2.05) is 0 Å². The van der Waals surface area contributed by atoms with Gasteiger partial charge < -0.3 is 18.9 Å². The fourth-order valence-corrected chi connectivity index (χ4v) is 3.47. The molecule has 0 radical (unpaired) electrons. The third kappa shape index (κ3) is 6.29. The highest BCUT2D eigenvalue weighted by Gasteiger charge is 2.41. The number of carbonyl (C=O) groups is 2. The average molecular weight is 487 g/mol. The third-order valence-corrected chi connectivity index (χ3v) is 4.88. The number of amides is 2. The Morgan fingerprint density at radius 3 is 1.49 bits per heavy atom. The Hall–Kier alpha value is -3.18. The molecule has 0 unspecified atom stereocenters. The number of nitrogens with zero attached hydrogens (tertiary/aromatic N) is 2. The molecule has 4 N–H and O–H groups in total. The minimum atomic E-state index is -1.30. The van der Waals surface area contributed by atoms with Gasteiger partial charge in [-0.15, -0.1) is 0 Å². The van der Waals surface area contributed by atoms with Gasteiger partial charge in [0.2, 0.25) is 5.79 Å². The molecule has 1 aliphatic heterocycles. The highest BCUT2D eigenvalue weighted by molar-refractivity contribution is 5.87. The normalized spacial score (nSPS) is 15.4. The number of benzene rings is 2. The number of nitrogens with two attached hydrogens (primary N) is 2. The topological polar surface area (TPSA) is 130 Å². The predicted molar refractivity (Wildman–Crippen MR) is 131 cm³/mol. The molecule has 0 aromatic heterocycles. The Morgan fingerprint density at radius 1 is 0.771 bits per heavy atom. The van der Waals surface area contributed by atoms with Crippen molar-refractivity contribution in [1.29, 1.82) is 0 Å². The Labute approximate surface area is 205 Å².